The number of imidazole rings is 1. The van der Waals surface area contributed by atoms with E-state index in [4.69, 9.17) is 14.5 Å². The van der Waals surface area contributed by atoms with Gasteiger partial charge in [0.25, 0.3) is 0 Å². The van der Waals surface area contributed by atoms with Crippen LogP contribution in [0.25, 0.3) is 11.3 Å². The quantitative estimate of drug-likeness (QED) is 0.370. The molecule has 1 aromatic carbocycles. The number of halogens is 3. The van der Waals surface area contributed by atoms with Gasteiger partial charge in [-0.05, 0) is 50.8 Å². The summed E-state index contributed by atoms with van der Waals surface area (Å²) in [4.78, 5) is 11.3. The summed E-state index contributed by atoms with van der Waals surface area (Å²) >= 11 is 0. The lowest BCUT2D eigenvalue weighted by atomic mass is 9.89. The van der Waals surface area contributed by atoms with E-state index in [-0.39, 0.29) is 6.61 Å². The number of aromatic nitrogens is 2. The molecule has 0 saturated heterocycles. The average molecular weight is 448 g/mol. The van der Waals surface area contributed by atoms with E-state index in [0.29, 0.717) is 17.4 Å². The van der Waals surface area contributed by atoms with Crippen LogP contribution in [0.3, 0.4) is 0 Å². The molecule has 1 aliphatic rings. The van der Waals surface area contributed by atoms with Crippen molar-refractivity contribution in [2.24, 2.45) is 4.99 Å². The van der Waals surface area contributed by atoms with Crippen LogP contribution in [0.5, 0.6) is 11.5 Å². The lowest BCUT2D eigenvalue weighted by Gasteiger charge is -2.19. The lowest BCUT2D eigenvalue weighted by Crippen LogP contribution is -2.09. The third kappa shape index (κ3) is 5.81. The Kier molecular flexibility index (Phi) is 7.77. The van der Waals surface area contributed by atoms with Crippen LogP contribution < -0.4 is 9.47 Å². The molecule has 1 heterocycles. The van der Waals surface area contributed by atoms with E-state index in [2.05, 4.69) is 16.7 Å². The Hall–Kier alpha value is -3.03. The van der Waals surface area contributed by atoms with Gasteiger partial charge < -0.3 is 14.5 Å². The van der Waals surface area contributed by atoms with Gasteiger partial charge in [-0.3, -0.25) is 4.99 Å². The van der Waals surface area contributed by atoms with Crippen molar-refractivity contribution in [2.75, 3.05) is 13.7 Å². The fraction of sp³-hybridized carbons (Fsp3) is 0.417. The van der Waals surface area contributed by atoms with Crippen molar-refractivity contribution in [3.63, 3.8) is 0 Å². The van der Waals surface area contributed by atoms with Gasteiger partial charge in [-0.2, -0.15) is 13.2 Å². The van der Waals surface area contributed by atoms with Crippen molar-refractivity contribution >= 4 is 6.72 Å². The summed E-state index contributed by atoms with van der Waals surface area (Å²) in [5.74, 6) is 2.66. The first-order valence-electron chi connectivity index (χ1n) is 10.6. The zero-order valence-corrected chi connectivity index (χ0v) is 18.3. The summed E-state index contributed by atoms with van der Waals surface area (Å²) in [6.07, 6.45) is 5.11. The topological polar surface area (TPSA) is 59.5 Å². The zero-order chi connectivity index (χ0) is 23.1. The highest BCUT2D eigenvalue weighted by atomic mass is 19.4. The summed E-state index contributed by atoms with van der Waals surface area (Å²) < 4.78 is 49.0. The number of rotatable bonds is 8. The third-order valence-electron chi connectivity index (χ3n) is 5.52. The number of allylic oxidation sites excluding steroid dienone is 3. The number of methoxy groups -OCH3 is 1. The van der Waals surface area contributed by atoms with Crippen LogP contribution in [0.1, 0.15) is 49.5 Å². The second-order valence-electron chi connectivity index (χ2n) is 7.74. The minimum Gasteiger partial charge on any atom is -0.496 e. The van der Waals surface area contributed by atoms with Crippen molar-refractivity contribution in [1.29, 1.82) is 0 Å². The van der Waals surface area contributed by atoms with Crippen LogP contribution in [0.2, 0.25) is 0 Å². The van der Waals surface area contributed by atoms with E-state index >= 15 is 0 Å². The lowest BCUT2D eigenvalue weighted by molar-refractivity contribution is -0.0922. The van der Waals surface area contributed by atoms with Gasteiger partial charge in [-0.25, -0.2) is 4.98 Å². The fourth-order valence-electron chi connectivity index (χ4n) is 3.87. The van der Waals surface area contributed by atoms with E-state index in [9.17, 15) is 13.2 Å². The Morgan fingerprint density at radius 3 is 2.69 bits per heavy atom. The molecule has 1 N–H and O–H groups in total. The Morgan fingerprint density at radius 2 is 2.03 bits per heavy atom. The molecule has 0 aliphatic heterocycles. The number of hydrogen-bond acceptors (Lipinski definition) is 4. The van der Waals surface area contributed by atoms with Gasteiger partial charge in [0.1, 0.15) is 29.6 Å². The molecule has 0 spiro atoms. The second-order valence-corrected chi connectivity index (χ2v) is 7.74. The van der Waals surface area contributed by atoms with Crippen LogP contribution in [0, 0.1) is 6.92 Å². The molecule has 1 aromatic heterocycles. The molecule has 3 rings (SSSR count). The standard InChI is InChI=1S/C24H28F3N3O2/c1-16-22(30-23(29-16)17-9-5-4-6-10-17)19-13-12-18(15-20(19)31-3)32-14-8-7-11-21(28-2)24(25,26)27/h7-8,11-13,15,17H,2,4-6,9-10,14H2,1,3H3,(H,29,30)/b8-7+,21-11-. The maximum Gasteiger partial charge on any atom is 0.433 e. The number of nitrogens with zero attached hydrogens (tertiary/aromatic N) is 2. The van der Waals surface area contributed by atoms with E-state index in [1.54, 1.807) is 19.2 Å². The summed E-state index contributed by atoms with van der Waals surface area (Å²) in [5.41, 5.74) is 1.65. The van der Waals surface area contributed by atoms with E-state index < -0.39 is 11.9 Å². The van der Waals surface area contributed by atoms with Crippen LogP contribution in [-0.4, -0.2) is 36.6 Å². The molecular formula is C24H28F3N3O2. The Morgan fingerprint density at radius 1 is 1.28 bits per heavy atom. The van der Waals surface area contributed by atoms with E-state index in [0.717, 1.165) is 41.7 Å². The van der Waals surface area contributed by atoms with Crippen molar-refractivity contribution in [1.82, 2.24) is 9.97 Å². The molecule has 0 amide bonds. The van der Waals surface area contributed by atoms with Crippen molar-refractivity contribution in [3.8, 4) is 22.8 Å². The Balaban J connectivity index is 1.70. The monoisotopic (exact) mass is 447 g/mol. The highest BCUT2D eigenvalue weighted by molar-refractivity contribution is 5.70. The van der Waals surface area contributed by atoms with Gasteiger partial charge in [0, 0.05) is 23.2 Å². The van der Waals surface area contributed by atoms with Crippen molar-refractivity contribution < 1.29 is 22.6 Å². The van der Waals surface area contributed by atoms with E-state index in [1.807, 2.05) is 13.0 Å². The maximum absolute atomic E-state index is 12.6. The number of aromatic amines is 1. The molecule has 0 bridgehead atoms. The number of benzene rings is 1. The molecule has 8 heteroatoms. The fourth-order valence-corrected chi connectivity index (χ4v) is 3.87. The molecule has 1 saturated carbocycles. The first-order chi connectivity index (χ1) is 15.3. The van der Waals surface area contributed by atoms with Gasteiger partial charge in [-0.15, -0.1) is 0 Å². The zero-order valence-electron chi connectivity index (χ0n) is 18.3. The number of aryl methyl sites for hydroxylation is 1. The molecule has 1 aliphatic carbocycles. The van der Waals surface area contributed by atoms with Crippen molar-refractivity contribution in [2.45, 2.75) is 51.1 Å². The summed E-state index contributed by atoms with van der Waals surface area (Å²) in [6, 6.07) is 5.43. The molecule has 1 fully saturated rings. The van der Waals surface area contributed by atoms with Gasteiger partial charge in [-0.1, -0.05) is 25.3 Å². The predicted molar refractivity (Wildman–Crippen MR) is 119 cm³/mol. The number of H-pyrrole nitrogens is 1. The Labute approximate surface area is 186 Å². The molecule has 0 atom stereocenters. The van der Waals surface area contributed by atoms with Crippen LogP contribution in [0.4, 0.5) is 13.2 Å². The third-order valence-corrected chi connectivity index (χ3v) is 5.52. The molecular weight excluding hydrogens is 419 g/mol. The predicted octanol–water partition coefficient (Wildman–Crippen LogP) is 6.52. The van der Waals surface area contributed by atoms with Crippen LogP contribution in [-0.2, 0) is 0 Å². The van der Waals surface area contributed by atoms with Crippen LogP contribution in [0.15, 0.2) is 47.1 Å². The molecule has 0 radical (unpaired) electrons. The van der Waals surface area contributed by atoms with Gasteiger partial charge >= 0.3 is 6.18 Å². The number of ether oxygens (including phenoxy) is 2. The smallest absolute Gasteiger partial charge is 0.433 e. The minimum absolute atomic E-state index is 0.0918. The summed E-state index contributed by atoms with van der Waals surface area (Å²) in [5, 5.41) is 0. The maximum atomic E-state index is 12.6. The molecule has 0 unspecified atom stereocenters. The highest BCUT2D eigenvalue weighted by Gasteiger charge is 2.32. The number of alkyl halides is 3. The second kappa shape index (κ2) is 10.5. The molecule has 2 aromatic rings. The number of nitrogens with one attached hydrogen (secondary N) is 1. The molecule has 172 valence electrons. The van der Waals surface area contributed by atoms with E-state index in [1.165, 1.54) is 31.4 Å². The largest absolute Gasteiger partial charge is 0.496 e. The molecule has 5 nitrogen and oxygen atoms in total. The van der Waals surface area contributed by atoms with Gasteiger partial charge in [0.15, 0.2) is 0 Å². The van der Waals surface area contributed by atoms with Gasteiger partial charge in [0.05, 0.1) is 12.8 Å². The summed E-state index contributed by atoms with van der Waals surface area (Å²) in [6.45, 7) is 5.03. The average Bonchev–Trinajstić information content (AvgIpc) is 3.17. The molecule has 32 heavy (non-hydrogen) atoms. The highest BCUT2D eigenvalue weighted by Crippen LogP contribution is 2.37. The minimum atomic E-state index is -4.53. The SMILES string of the molecule is C=N/C(=C\C=C\COc1ccc(-c2nc(C3CCCCC3)[nH]c2C)c(OC)c1)C(F)(F)F. The van der Waals surface area contributed by atoms with Crippen LogP contribution >= 0.6 is 0 Å². The number of hydrogen-bond donors (Lipinski definition) is 1. The number of aliphatic imine (C=N–C) groups is 1. The summed E-state index contributed by atoms with van der Waals surface area (Å²) in [7, 11) is 1.58. The van der Waals surface area contributed by atoms with Gasteiger partial charge in [0.2, 0.25) is 0 Å². The first kappa shape index (κ1) is 23.6. The normalized spacial score (nSPS) is 15.8. The van der Waals surface area contributed by atoms with Crippen molar-refractivity contribution in [3.05, 3.63) is 53.6 Å². The Bertz CT molecular complexity index is 987. The first-order valence-corrected chi connectivity index (χ1v) is 10.6.